The fraction of sp³-hybridized carbons (Fsp3) is 0.176. The van der Waals surface area contributed by atoms with Crippen molar-refractivity contribution in [3.63, 3.8) is 0 Å². The summed E-state index contributed by atoms with van der Waals surface area (Å²) < 4.78 is 10.7. The van der Waals surface area contributed by atoms with Crippen molar-refractivity contribution in [2.24, 2.45) is 0 Å². The van der Waals surface area contributed by atoms with Crippen LogP contribution in [0.4, 0.5) is 0 Å². The topological polar surface area (TPSA) is 59.5 Å². The number of carbonyl (C=O) groups excluding carboxylic acids is 1. The van der Waals surface area contributed by atoms with Gasteiger partial charge in [-0.2, -0.15) is 0 Å². The fourth-order valence-corrected chi connectivity index (χ4v) is 2.19. The van der Waals surface area contributed by atoms with E-state index in [2.05, 4.69) is 5.16 Å². The van der Waals surface area contributed by atoms with Gasteiger partial charge in [0, 0.05) is 18.7 Å². The van der Waals surface area contributed by atoms with E-state index in [0.29, 0.717) is 12.3 Å². The second-order valence-electron chi connectivity index (χ2n) is 5.12. The summed E-state index contributed by atoms with van der Waals surface area (Å²) in [5, 5.41) is 3.86. The van der Waals surface area contributed by atoms with Crippen molar-refractivity contribution in [2.45, 2.75) is 13.5 Å². The third kappa shape index (κ3) is 2.93. The molecule has 1 amide bonds. The molecule has 0 aliphatic heterocycles. The van der Waals surface area contributed by atoms with Gasteiger partial charge in [-0.3, -0.25) is 4.79 Å². The van der Waals surface area contributed by atoms with E-state index in [1.54, 1.807) is 18.0 Å². The molecule has 2 heterocycles. The van der Waals surface area contributed by atoms with Gasteiger partial charge in [0.2, 0.25) is 0 Å². The summed E-state index contributed by atoms with van der Waals surface area (Å²) in [5.74, 6) is 1.93. The molecule has 0 saturated heterocycles. The average Bonchev–Trinajstić information content (AvgIpc) is 3.17. The molecule has 1 aromatic carbocycles. The fourth-order valence-electron chi connectivity index (χ4n) is 2.19. The van der Waals surface area contributed by atoms with Crippen LogP contribution in [-0.4, -0.2) is 23.0 Å². The van der Waals surface area contributed by atoms with Gasteiger partial charge in [-0.25, -0.2) is 0 Å². The lowest BCUT2D eigenvalue weighted by molar-refractivity contribution is 0.0764. The molecule has 22 heavy (non-hydrogen) atoms. The lowest BCUT2D eigenvalue weighted by atomic mass is 10.1. The van der Waals surface area contributed by atoms with Gasteiger partial charge >= 0.3 is 0 Å². The van der Waals surface area contributed by atoms with Crippen molar-refractivity contribution in [3.8, 4) is 11.3 Å². The van der Waals surface area contributed by atoms with Crippen LogP contribution in [0.3, 0.4) is 0 Å². The highest BCUT2D eigenvalue weighted by Crippen LogP contribution is 2.20. The number of rotatable bonds is 4. The maximum atomic E-state index is 12.4. The maximum Gasteiger partial charge on any atom is 0.276 e. The molecule has 3 rings (SSSR count). The Kier molecular flexibility index (Phi) is 3.78. The molecule has 0 aliphatic carbocycles. The first-order valence-electron chi connectivity index (χ1n) is 6.96. The van der Waals surface area contributed by atoms with E-state index in [0.717, 1.165) is 17.1 Å². The SMILES string of the molecule is Cc1ccc(CN(C)C(=O)c2cc(-c3ccccc3)on2)o1. The monoisotopic (exact) mass is 296 g/mol. The Labute approximate surface area is 128 Å². The highest BCUT2D eigenvalue weighted by molar-refractivity contribution is 5.92. The third-order valence-corrected chi connectivity index (χ3v) is 3.32. The molecule has 0 bridgehead atoms. The van der Waals surface area contributed by atoms with E-state index in [1.165, 1.54) is 0 Å². The smallest absolute Gasteiger partial charge is 0.276 e. The van der Waals surface area contributed by atoms with Crippen LogP contribution in [0.15, 0.2) is 57.5 Å². The van der Waals surface area contributed by atoms with Crippen LogP contribution in [0.1, 0.15) is 22.0 Å². The Balaban J connectivity index is 1.74. The number of furan rings is 1. The standard InChI is InChI=1S/C17H16N2O3/c1-12-8-9-14(21-12)11-19(2)17(20)15-10-16(22-18-15)13-6-4-3-5-7-13/h3-10H,11H2,1-2H3. The van der Waals surface area contributed by atoms with Gasteiger partial charge in [-0.1, -0.05) is 35.5 Å². The quantitative estimate of drug-likeness (QED) is 0.739. The molecule has 0 aliphatic rings. The molecule has 0 N–H and O–H groups in total. The van der Waals surface area contributed by atoms with Crippen LogP contribution in [0.2, 0.25) is 0 Å². The molecule has 0 atom stereocenters. The van der Waals surface area contributed by atoms with E-state index in [4.69, 9.17) is 8.94 Å². The Morgan fingerprint density at radius 1 is 1.18 bits per heavy atom. The number of carbonyl (C=O) groups is 1. The lowest BCUT2D eigenvalue weighted by Gasteiger charge is -2.13. The average molecular weight is 296 g/mol. The van der Waals surface area contributed by atoms with Crippen LogP contribution in [0.25, 0.3) is 11.3 Å². The zero-order valence-corrected chi connectivity index (χ0v) is 12.4. The number of amides is 1. The number of aromatic nitrogens is 1. The molecule has 2 aromatic heterocycles. The molecule has 3 aromatic rings. The van der Waals surface area contributed by atoms with E-state index >= 15 is 0 Å². The lowest BCUT2D eigenvalue weighted by Crippen LogP contribution is -2.26. The van der Waals surface area contributed by atoms with Gasteiger partial charge in [0.1, 0.15) is 11.5 Å². The van der Waals surface area contributed by atoms with Gasteiger partial charge < -0.3 is 13.8 Å². The number of benzene rings is 1. The van der Waals surface area contributed by atoms with Crippen LogP contribution in [0, 0.1) is 6.92 Å². The Hall–Kier alpha value is -2.82. The Bertz CT molecular complexity index is 774. The summed E-state index contributed by atoms with van der Waals surface area (Å²) in [6, 6.07) is 14.9. The molecule has 0 fully saturated rings. The highest BCUT2D eigenvalue weighted by Gasteiger charge is 2.18. The van der Waals surface area contributed by atoms with Crippen molar-refractivity contribution in [1.29, 1.82) is 0 Å². The van der Waals surface area contributed by atoms with Crippen LogP contribution in [0.5, 0.6) is 0 Å². The van der Waals surface area contributed by atoms with Crippen molar-refractivity contribution in [3.05, 3.63) is 65.7 Å². The normalized spacial score (nSPS) is 10.6. The second-order valence-corrected chi connectivity index (χ2v) is 5.12. The predicted octanol–water partition coefficient (Wildman–Crippen LogP) is 3.52. The summed E-state index contributed by atoms with van der Waals surface area (Å²) in [6.07, 6.45) is 0. The minimum absolute atomic E-state index is 0.208. The predicted molar refractivity (Wildman–Crippen MR) is 81.2 cm³/mol. The molecule has 0 spiro atoms. The van der Waals surface area contributed by atoms with Gasteiger partial charge in [-0.15, -0.1) is 0 Å². The molecule has 5 nitrogen and oxygen atoms in total. The minimum atomic E-state index is -0.208. The zero-order valence-electron chi connectivity index (χ0n) is 12.4. The summed E-state index contributed by atoms with van der Waals surface area (Å²) in [4.78, 5) is 13.9. The first-order valence-corrected chi connectivity index (χ1v) is 6.96. The van der Waals surface area contributed by atoms with Crippen molar-refractivity contribution >= 4 is 5.91 Å². The second kappa shape index (κ2) is 5.89. The molecular weight excluding hydrogens is 280 g/mol. The van der Waals surface area contributed by atoms with Gasteiger partial charge in [-0.05, 0) is 19.1 Å². The van der Waals surface area contributed by atoms with Gasteiger partial charge in [0.05, 0.1) is 6.54 Å². The van der Waals surface area contributed by atoms with Crippen molar-refractivity contribution in [2.75, 3.05) is 7.05 Å². The molecule has 0 saturated carbocycles. The molecule has 0 radical (unpaired) electrons. The van der Waals surface area contributed by atoms with Crippen LogP contribution in [-0.2, 0) is 6.54 Å². The van der Waals surface area contributed by atoms with E-state index in [1.807, 2.05) is 49.4 Å². The Morgan fingerprint density at radius 2 is 1.95 bits per heavy atom. The minimum Gasteiger partial charge on any atom is -0.464 e. The van der Waals surface area contributed by atoms with Crippen molar-refractivity contribution < 1.29 is 13.7 Å². The maximum absolute atomic E-state index is 12.4. The summed E-state index contributed by atoms with van der Waals surface area (Å²) in [5.41, 5.74) is 1.17. The first kappa shape index (κ1) is 14.1. The summed E-state index contributed by atoms with van der Waals surface area (Å²) in [7, 11) is 1.71. The highest BCUT2D eigenvalue weighted by atomic mass is 16.5. The van der Waals surface area contributed by atoms with Crippen LogP contribution >= 0.6 is 0 Å². The summed E-state index contributed by atoms with van der Waals surface area (Å²) in [6.45, 7) is 2.26. The largest absolute Gasteiger partial charge is 0.464 e. The first-order chi connectivity index (χ1) is 10.6. The van der Waals surface area contributed by atoms with E-state index in [-0.39, 0.29) is 11.6 Å². The molecule has 112 valence electrons. The third-order valence-electron chi connectivity index (χ3n) is 3.32. The Morgan fingerprint density at radius 3 is 2.64 bits per heavy atom. The van der Waals surface area contributed by atoms with E-state index < -0.39 is 0 Å². The van der Waals surface area contributed by atoms with Crippen molar-refractivity contribution in [1.82, 2.24) is 10.1 Å². The number of nitrogens with zero attached hydrogens (tertiary/aromatic N) is 2. The number of hydrogen-bond donors (Lipinski definition) is 0. The molecular formula is C17H16N2O3. The van der Waals surface area contributed by atoms with Gasteiger partial charge in [0.15, 0.2) is 11.5 Å². The van der Waals surface area contributed by atoms with Crippen LogP contribution < -0.4 is 0 Å². The summed E-state index contributed by atoms with van der Waals surface area (Å²) >= 11 is 0. The van der Waals surface area contributed by atoms with Gasteiger partial charge in [0.25, 0.3) is 5.91 Å². The molecule has 5 heteroatoms. The molecule has 0 unspecified atom stereocenters. The number of hydrogen-bond acceptors (Lipinski definition) is 4. The zero-order chi connectivity index (χ0) is 15.5. The van der Waals surface area contributed by atoms with E-state index in [9.17, 15) is 4.79 Å². The number of aryl methyl sites for hydroxylation is 1.